The van der Waals surface area contributed by atoms with Crippen LogP contribution in [0.1, 0.15) is 83.3 Å². The number of unbranched alkanes of at least 4 members (excludes halogenated alkanes) is 3. The summed E-state index contributed by atoms with van der Waals surface area (Å²) in [6.45, 7) is 7.13. The third-order valence-electron chi connectivity index (χ3n) is 8.94. The van der Waals surface area contributed by atoms with Crippen LogP contribution in [0.25, 0.3) is 0 Å². The zero-order valence-electron chi connectivity index (χ0n) is 29.2. The topological polar surface area (TPSA) is 77.4 Å². The predicted octanol–water partition coefficient (Wildman–Crippen LogP) is 8.88. The van der Waals surface area contributed by atoms with Gasteiger partial charge in [-0.25, -0.2) is 0 Å². The van der Waals surface area contributed by atoms with Gasteiger partial charge in [0.05, 0.1) is 0 Å². The van der Waals surface area contributed by atoms with E-state index in [9.17, 15) is 10.2 Å². The molecule has 0 aliphatic rings. The Bertz CT molecular complexity index is 1180. The van der Waals surface area contributed by atoms with Gasteiger partial charge in [-0.3, -0.25) is 0 Å². The number of hydrogen-bond donors (Lipinski definition) is 2. The molecule has 2 rings (SSSR count). The summed E-state index contributed by atoms with van der Waals surface area (Å²) >= 11 is -3.04. The van der Waals surface area contributed by atoms with Crippen LogP contribution in [0.3, 0.4) is 0 Å². The van der Waals surface area contributed by atoms with Gasteiger partial charge in [0.25, 0.3) is 0 Å². The van der Waals surface area contributed by atoms with Gasteiger partial charge in [0.1, 0.15) is 0 Å². The molecule has 0 saturated carbocycles. The van der Waals surface area contributed by atoms with Crippen LogP contribution in [0.2, 0.25) is 13.3 Å². The van der Waals surface area contributed by atoms with Gasteiger partial charge in [-0.1, -0.05) is 0 Å². The molecule has 0 saturated heterocycles. The number of allylic oxidation sites excluding steroid dienone is 2. The summed E-state index contributed by atoms with van der Waals surface area (Å²) in [5.74, 6) is 2.85. The summed E-state index contributed by atoms with van der Waals surface area (Å²) in [6, 6.07) is 12.4. The van der Waals surface area contributed by atoms with E-state index in [0.717, 1.165) is 23.3 Å². The van der Waals surface area contributed by atoms with Crippen molar-refractivity contribution in [3.8, 4) is 23.0 Å². The molecule has 0 fully saturated rings. The van der Waals surface area contributed by atoms with Crippen molar-refractivity contribution in [2.24, 2.45) is 0 Å². The van der Waals surface area contributed by atoms with E-state index in [0.29, 0.717) is 36.5 Å². The van der Waals surface area contributed by atoms with Crippen LogP contribution in [-0.2, 0) is 12.8 Å². The van der Waals surface area contributed by atoms with Crippen molar-refractivity contribution in [1.82, 2.24) is 0 Å². The fraction of sp³-hybridized carbons (Fsp3) is 0.579. The minimum absolute atomic E-state index is 0.0761. The van der Waals surface area contributed by atoms with E-state index >= 15 is 0 Å². The van der Waals surface area contributed by atoms with Crippen LogP contribution in [-0.4, -0.2) is 70.2 Å². The number of ether oxygens (including phenoxy) is 4. The van der Waals surface area contributed by atoms with Gasteiger partial charge in [0.15, 0.2) is 0 Å². The minimum atomic E-state index is -3.04. The fourth-order valence-electron chi connectivity index (χ4n) is 6.52. The van der Waals surface area contributed by atoms with Crippen molar-refractivity contribution < 1.29 is 29.2 Å². The molecular weight excluding hydrogens is 671 g/mol. The Kier molecular flexibility index (Phi) is 18.7. The normalized spacial score (nSPS) is 12.6. The van der Waals surface area contributed by atoms with E-state index < -0.39 is 18.4 Å². The Hall–Kier alpha value is -2.16. The molecule has 0 atom stereocenters. The molecule has 0 aliphatic carbocycles. The summed E-state index contributed by atoms with van der Waals surface area (Å²) < 4.78 is 28.0. The maximum atomic E-state index is 10.5. The molecule has 0 amide bonds. The number of methoxy groups -OCH3 is 4. The standard InChI is InChI=1S/C26H33O6.3C4H9.Sn/c1-29-23-10-8-19(17-25(23)31-3)15-21(7-5-6-13-27)22(12-14-28)16-20-9-11-24(30-2)26(18-20)32-4;3*1-3-4-2;/h5,8-11,17-18,27-28H,6,12-16H2,1-4H3;3*1,3-4H2,2H3;/b7-5?,22-21-;;;;. The number of aliphatic hydroxyl groups is 2. The summed E-state index contributed by atoms with van der Waals surface area (Å²) in [6.07, 6.45) is 12.4. The summed E-state index contributed by atoms with van der Waals surface area (Å²) in [5, 5.41) is 20.6. The van der Waals surface area contributed by atoms with E-state index in [1.165, 1.54) is 63.0 Å². The second kappa shape index (κ2) is 21.6. The fourth-order valence-corrected chi connectivity index (χ4v) is 24.0. The van der Waals surface area contributed by atoms with E-state index in [1.807, 2.05) is 12.1 Å². The van der Waals surface area contributed by atoms with Crippen molar-refractivity contribution >= 4 is 18.4 Å². The quantitative estimate of drug-likeness (QED) is 0.0879. The van der Waals surface area contributed by atoms with Crippen molar-refractivity contribution in [2.45, 2.75) is 98.3 Å². The molecule has 0 aliphatic heterocycles. The molecule has 2 aromatic rings. The summed E-state index contributed by atoms with van der Waals surface area (Å²) in [5.41, 5.74) is 4.90. The van der Waals surface area contributed by atoms with Gasteiger partial charge >= 0.3 is 279 Å². The summed E-state index contributed by atoms with van der Waals surface area (Å²) in [4.78, 5) is 0. The number of benzene rings is 2. The van der Waals surface area contributed by atoms with Crippen molar-refractivity contribution in [3.63, 3.8) is 0 Å². The zero-order chi connectivity index (χ0) is 33.1. The monoisotopic (exact) mass is 732 g/mol. The SMILES string of the molecule is CCC[CH2][Sn]([CH2]CCC)([CH2]CCC)[C](=C/CCO)/C(Cc1ccc(OC)c(OC)c1)=C(\CCO)Cc1ccc(OC)c(OC)c1. The van der Waals surface area contributed by atoms with Crippen LogP contribution in [0.4, 0.5) is 0 Å². The maximum absolute atomic E-state index is 10.5. The molecule has 45 heavy (non-hydrogen) atoms. The Labute approximate surface area is 277 Å². The molecule has 0 radical (unpaired) electrons. The summed E-state index contributed by atoms with van der Waals surface area (Å²) in [7, 11) is 6.67. The van der Waals surface area contributed by atoms with Crippen LogP contribution in [0.15, 0.2) is 57.2 Å². The Morgan fingerprint density at radius 2 is 1.11 bits per heavy atom. The van der Waals surface area contributed by atoms with E-state index in [-0.39, 0.29) is 13.2 Å². The van der Waals surface area contributed by atoms with Crippen LogP contribution < -0.4 is 18.9 Å². The first-order valence-corrected chi connectivity index (χ1v) is 24.4. The second-order valence-electron chi connectivity index (χ2n) is 12.0. The first kappa shape index (κ1) is 39.0. The van der Waals surface area contributed by atoms with Gasteiger partial charge in [0.2, 0.25) is 0 Å². The third kappa shape index (κ3) is 11.5. The first-order chi connectivity index (χ1) is 21.9. The number of aliphatic hydroxyl groups excluding tert-OH is 2. The molecule has 252 valence electrons. The number of hydrogen-bond acceptors (Lipinski definition) is 6. The van der Waals surface area contributed by atoms with Gasteiger partial charge in [-0.05, 0) is 0 Å². The molecule has 2 N–H and O–H groups in total. The Balaban J connectivity index is 2.94. The third-order valence-corrected chi connectivity index (χ3v) is 24.9. The van der Waals surface area contributed by atoms with Gasteiger partial charge in [0, 0.05) is 0 Å². The average molecular weight is 732 g/mol. The predicted molar refractivity (Wildman–Crippen MR) is 190 cm³/mol. The van der Waals surface area contributed by atoms with Gasteiger partial charge < -0.3 is 0 Å². The van der Waals surface area contributed by atoms with Gasteiger partial charge in [-0.15, -0.1) is 0 Å². The van der Waals surface area contributed by atoms with E-state index in [4.69, 9.17) is 18.9 Å². The van der Waals surface area contributed by atoms with Crippen molar-refractivity contribution in [2.75, 3.05) is 41.7 Å². The Morgan fingerprint density at radius 3 is 1.51 bits per heavy atom. The van der Waals surface area contributed by atoms with E-state index in [2.05, 4.69) is 51.1 Å². The van der Waals surface area contributed by atoms with E-state index in [1.54, 1.807) is 32.0 Å². The molecule has 6 nitrogen and oxygen atoms in total. The van der Waals surface area contributed by atoms with Crippen molar-refractivity contribution in [1.29, 1.82) is 0 Å². The Morgan fingerprint density at radius 1 is 0.644 bits per heavy atom. The van der Waals surface area contributed by atoms with Crippen LogP contribution in [0.5, 0.6) is 23.0 Å². The molecular formula is C38H60O6Sn. The van der Waals surface area contributed by atoms with Crippen LogP contribution in [0, 0.1) is 0 Å². The molecule has 0 spiro atoms. The molecule has 0 heterocycles. The van der Waals surface area contributed by atoms with Gasteiger partial charge in [-0.2, -0.15) is 0 Å². The number of rotatable bonds is 23. The molecule has 0 aromatic heterocycles. The molecule has 0 bridgehead atoms. The first-order valence-electron chi connectivity index (χ1n) is 17.0. The zero-order valence-corrected chi connectivity index (χ0v) is 32.0. The molecule has 7 heteroatoms. The van der Waals surface area contributed by atoms with Crippen LogP contribution >= 0.6 is 0 Å². The average Bonchev–Trinajstić information content (AvgIpc) is 3.07. The van der Waals surface area contributed by atoms with Crippen molar-refractivity contribution in [3.05, 3.63) is 68.3 Å². The molecule has 0 unspecified atom stereocenters. The molecule has 2 aromatic carbocycles. The second-order valence-corrected chi connectivity index (χ2v) is 25.1.